The average Bonchev–Trinajstić information content (AvgIpc) is 2.94. The van der Waals surface area contributed by atoms with E-state index < -0.39 is 0 Å². The van der Waals surface area contributed by atoms with Crippen LogP contribution in [0.1, 0.15) is 34.0 Å². The lowest BCUT2D eigenvalue weighted by Gasteiger charge is -2.14. The Morgan fingerprint density at radius 2 is 2.05 bits per heavy atom. The smallest absolute Gasteiger partial charge is 0.263 e. The summed E-state index contributed by atoms with van der Waals surface area (Å²) >= 11 is 1.81. The molecule has 3 heterocycles. The van der Waals surface area contributed by atoms with E-state index in [-0.39, 0.29) is 6.04 Å². The second-order valence-electron chi connectivity index (χ2n) is 4.91. The molecule has 0 aromatic carbocycles. The molecule has 6 heteroatoms. The average molecular weight is 288 g/mol. The van der Waals surface area contributed by atoms with Crippen LogP contribution >= 0.6 is 11.3 Å². The molecule has 0 bridgehead atoms. The number of nitrogens with zero attached hydrogens (tertiary/aromatic N) is 3. The van der Waals surface area contributed by atoms with Crippen LogP contribution in [0.25, 0.3) is 11.1 Å². The van der Waals surface area contributed by atoms with Crippen molar-refractivity contribution in [1.29, 1.82) is 0 Å². The molecule has 3 rings (SSSR count). The molecule has 0 aliphatic rings. The SMILES string of the molecule is Cc1cc(C(C)Nc2ncnc3onc(C)c23)c(C)s1. The molecular weight excluding hydrogens is 272 g/mol. The number of hydrogen-bond donors (Lipinski definition) is 1. The third kappa shape index (κ3) is 2.16. The molecule has 0 saturated heterocycles. The summed E-state index contributed by atoms with van der Waals surface area (Å²) in [5, 5.41) is 8.23. The Balaban J connectivity index is 1.97. The van der Waals surface area contributed by atoms with Crippen molar-refractivity contribution in [2.45, 2.75) is 33.7 Å². The monoisotopic (exact) mass is 288 g/mol. The second-order valence-corrected chi connectivity index (χ2v) is 6.37. The maximum atomic E-state index is 5.17. The van der Waals surface area contributed by atoms with Crippen molar-refractivity contribution < 1.29 is 4.52 Å². The molecule has 0 spiro atoms. The minimum Gasteiger partial charge on any atom is -0.363 e. The van der Waals surface area contributed by atoms with Gasteiger partial charge in [-0.2, -0.15) is 4.98 Å². The largest absolute Gasteiger partial charge is 0.363 e. The van der Waals surface area contributed by atoms with E-state index in [1.54, 1.807) is 0 Å². The minimum absolute atomic E-state index is 0.173. The standard InChI is InChI=1S/C14H16N4OS/c1-7-5-11(10(4)20-7)8(2)17-13-12-9(3)18-19-14(12)16-6-15-13/h5-6,8H,1-4H3,(H,15,16,17). The van der Waals surface area contributed by atoms with Crippen molar-refractivity contribution in [3.05, 3.63) is 33.4 Å². The van der Waals surface area contributed by atoms with Gasteiger partial charge in [0.15, 0.2) is 0 Å². The van der Waals surface area contributed by atoms with Crippen LogP contribution in [-0.2, 0) is 0 Å². The highest BCUT2D eigenvalue weighted by atomic mass is 32.1. The fraction of sp³-hybridized carbons (Fsp3) is 0.357. The quantitative estimate of drug-likeness (QED) is 0.794. The van der Waals surface area contributed by atoms with Crippen molar-refractivity contribution in [2.24, 2.45) is 0 Å². The van der Waals surface area contributed by atoms with Crippen LogP contribution in [-0.4, -0.2) is 15.1 Å². The molecule has 0 aliphatic heterocycles. The van der Waals surface area contributed by atoms with Crippen molar-refractivity contribution >= 4 is 28.3 Å². The summed E-state index contributed by atoms with van der Waals surface area (Å²) in [4.78, 5) is 11.1. The maximum absolute atomic E-state index is 5.17. The van der Waals surface area contributed by atoms with Gasteiger partial charge in [0.2, 0.25) is 0 Å². The molecule has 1 unspecified atom stereocenters. The molecule has 20 heavy (non-hydrogen) atoms. The summed E-state index contributed by atoms with van der Waals surface area (Å²) in [6, 6.07) is 2.39. The zero-order valence-corrected chi connectivity index (χ0v) is 12.7. The van der Waals surface area contributed by atoms with E-state index in [1.165, 1.54) is 21.6 Å². The van der Waals surface area contributed by atoms with Crippen LogP contribution in [0.2, 0.25) is 0 Å². The Bertz CT molecular complexity index is 762. The lowest BCUT2D eigenvalue weighted by Crippen LogP contribution is -2.08. The summed E-state index contributed by atoms with van der Waals surface area (Å²) < 4.78 is 5.17. The maximum Gasteiger partial charge on any atom is 0.263 e. The number of thiophene rings is 1. The summed E-state index contributed by atoms with van der Waals surface area (Å²) in [5.41, 5.74) is 2.62. The van der Waals surface area contributed by atoms with E-state index in [4.69, 9.17) is 4.52 Å². The number of aryl methyl sites for hydroxylation is 3. The van der Waals surface area contributed by atoms with Gasteiger partial charge in [-0.3, -0.25) is 0 Å². The molecule has 3 aromatic rings. The van der Waals surface area contributed by atoms with Gasteiger partial charge in [-0.1, -0.05) is 5.16 Å². The third-order valence-corrected chi connectivity index (χ3v) is 4.32. The number of hydrogen-bond acceptors (Lipinski definition) is 6. The van der Waals surface area contributed by atoms with Crippen LogP contribution in [0.15, 0.2) is 16.9 Å². The fourth-order valence-corrected chi connectivity index (χ4v) is 3.42. The molecule has 104 valence electrons. The van der Waals surface area contributed by atoms with E-state index in [2.05, 4.69) is 47.3 Å². The van der Waals surface area contributed by atoms with Crippen molar-refractivity contribution in [3.63, 3.8) is 0 Å². The van der Waals surface area contributed by atoms with Crippen molar-refractivity contribution in [2.75, 3.05) is 5.32 Å². The van der Waals surface area contributed by atoms with Crippen LogP contribution < -0.4 is 5.32 Å². The first-order valence-electron chi connectivity index (χ1n) is 6.46. The van der Waals surface area contributed by atoms with Crippen molar-refractivity contribution in [3.8, 4) is 0 Å². The Kier molecular flexibility index (Phi) is 3.17. The topological polar surface area (TPSA) is 63.8 Å². The Hall–Kier alpha value is -1.95. The molecule has 0 aliphatic carbocycles. The summed E-state index contributed by atoms with van der Waals surface area (Å²) in [6.07, 6.45) is 1.49. The van der Waals surface area contributed by atoms with E-state index in [9.17, 15) is 0 Å². The van der Waals surface area contributed by atoms with Gasteiger partial charge < -0.3 is 9.84 Å². The van der Waals surface area contributed by atoms with Gasteiger partial charge in [0, 0.05) is 9.75 Å². The number of rotatable bonds is 3. The zero-order chi connectivity index (χ0) is 14.3. The Labute approximate surface area is 121 Å². The molecule has 0 fully saturated rings. The first-order valence-corrected chi connectivity index (χ1v) is 7.28. The normalized spacial score (nSPS) is 12.8. The second kappa shape index (κ2) is 4.86. The molecule has 0 amide bonds. The van der Waals surface area contributed by atoms with Crippen LogP contribution in [0.4, 0.5) is 5.82 Å². The fourth-order valence-electron chi connectivity index (χ4n) is 2.39. The lowest BCUT2D eigenvalue weighted by molar-refractivity contribution is 0.442. The van der Waals surface area contributed by atoms with E-state index >= 15 is 0 Å². The van der Waals surface area contributed by atoms with Gasteiger partial charge in [-0.25, -0.2) is 4.98 Å². The number of nitrogens with one attached hydrogen (secondary N) is 1. The van der Waals surface area contributed by atoms with Gasteiger partial charge in [-0.15, -0.1) is 11.3 Å². The number of aromatic nitrogens is 3. The van der Waals surface area contributed by atoms with Gasteiger partial charge in [-0.05, 0) is 39.3 Å². The predicted octanol–water partition coefficient (Wildman–Crippen LogP) is 3.78. The van der Waals surface area contributed by atoms with Crippen LogP contribution in [0.3, 0.4) is 0 Å². The summed E-state index contributed by atoms with van der Waals surface area (Å²) in [7, 11) is 0. The van der Waals surface area contributed by atoms with E-state index in [1.807, 2.05) is 18.3 Å². The molecular formula is C14H16N4OS. The highest BCUT2D eigenvalue weighted by molar-refractivity contribution is 7.12. The Morgan fingerprint density at radius 3 is 2.75 bits per heavy atom. The summed E-state index contributed by atoms with van der Waals surface area (Å²) in [5.74, 6) is 0.768. The number of anilines is 1. The third-order valence-electron chi connectivity index (χ3n) is 3.34. The van der Waals surface area contributed by atoms with E-state index in [0.717, 1.165) is 16.9 Å². The van der Waals surface area contributed by atoms with Crippen molar-refractivity contribution in [1.82, 2.24) is 15.1 Å². The first kappa shape index (κ1) is 13.1. The highest BCUT2D eigenvalue weighted by Gasteiger charge is 2.16. The molecule has 3 aromatic heterocycles. The number of fused-ring (bicyclic) bond motifs is 1. The van der Waals surface area contributed by atoms with Crippen LogP contribution in [0.5, 0.6) is 0 Å². The Morgan fingerprint density at radius 1 is 1.25 bits per heavy atom. The summed E-state index contributed by atoms with van der Waals surface area (Å²) in [6.45, 7) is 8.29. The van der Waals surface area contributed by atoms with Gasteiger partial charge in [0.25, 0.3) is 5.71 Å². The van der Waals surface area contributed by atoms with Gasteiger partial charge in [0.05, 0.1) is 11.7 Å². The highest BCUT2D eigenvalue weighted by Crippen LogP contribution is 2.30. The molecule has 1 N–H and O–H groups in total. The van der Waals surface area contributed by atoms with E-state index in [0.29, 0.717) is 5.71 Å². The van der Waals surface area contributed by atoms with Crippen LogP contribution in [0, 0.1) is 20.8 Å². The van der Waals surface area contributed by atoms with Gasteiger partial charge >= 0.3 is 0 Å². The molecule has 0 radical (unpaired) electrons. The zero-order valence-electron chi connectivity index (χ0n) is 11.9. The lowest BCUT2D eigenvalue weighted by atomic mass is 10.1. The molecule has 5 nitrogen and oxygen atoms in total. The molecule has 1 atom stereocenters. The van der Waals surface area contributed by atoms with Gasteiger partial charge in [0.1, 0.15) is 17.5 Å². The predicted molar refractivity (Wildman–Crippen MR) is 80.2 cm³/mol. The minimum atomic E-state index is 0.173. The first-order chi connectivity index (χ1) is 9.56. The molecule has 0 saturated carbocycles.